The Bertz CT molecular complexity index is 1080. The van der Waals surface area contributed by atoms with E-state index >= 15 is 0 Å². The van der Waals surface area contributed by atoms with Crippen LogP contribution in [0, 0.1) is 13.8 Å². The summed E-state index contributed by atoms with van der Waals surface area (Å²) >= 11 is 0. The lowest BCUT2D eigenvalue weighted by Gasteiger charge is -2.21. The van der Waals surface area contributed by atoms with Crippen molar-refractivity contribution in [3.05, 3.63) is 51.7 Å². The Hall–Kier alpha value is -2.95. The molecule has 0 atom stereocenters. The van der Waals surface area contributed by atoms with Crippen molar-refractivity contribution >= 4 is 16.7 Å². The van der Waals surface area contributed by atoms with E-state index in [1.54, 1.807) is 13.2 Å². The van der Waals surface area contributed by atoms with Crippen molar-refractivity contribution in [1.29, 1.82) is 0 Å². The van der Waals surface area contributed by atoms with Crippen molar-refractivity contribution in [2.45, 2.75) is 26.7 Å². The number of aryl methyl sites for hydroxylation is 2. The highest BCUT2D eigenvalue weighted by Gasteiger charge is 2.20. The molecule has 1 aliphatic heterocycles. The second-order valence-corrected chi connectivity index (χ2v) is 7.12. The molecule has 1 aromatic heterocycles. The number of hydrogen-bond donors (Lipinski definition) is 1. The third kappa shape index (κ3) is 2.93. The summed E-state index contributed by atoms with van der Waals surface area (Å²) in [5, 5.41) is 10.9. The minimum atomic E-state index is -0.420. The summed E-state index contributed by atoms with van der Waals surface area (Å²) in [6.07, 6.45) is 2.34. The summed E-state index contributed by atoms with van der Waals surface area (Å²) in [5.74, 6) is 0.500. The molecule has 1 N–H and O–H groups in total. The molecule has 1 aliphatic rings. The average Bonchev–Trinajstić information content (AvgIpc) is 3.20. The molecule has 140 valence electrons. The van der Waals surface area contributed by atoms with Crippen molar-refractivity contribution in [3.63, 3.8) is 0 Å². The van der Waals surface area contributed by atoms with Crippen LogP contribution in [0.3, 0.4) is 0 Å². The van der Waals surface area contributed by atoms with Crippen LogP contribution in [0.2, 0.25) is 0 Å². The van der Waals surface area contributed by atoms with Gasteiger partial charge in [-0.1, -0.05) is 0 Å². The van der Waals surface area contributed by atoms with Gasteiger partial charge in [-0.3, -0.25) is 4.79 Å². The molecule has 0 bridgehead atoms. The maximum Gasteiger partial charge on any atom is 0.235 e. The molecule has 27 heavy (non-hydrogen) atoms. The first kappa shape index (κ1) is 17.5. The smallest absolute Gasteiger partial charge is 0.235 e. The lowest BCUT2D eigenvalue weighted by atomic mass is 10.0. The van der Waals surface area contributed by atoms with Crippen LogP contribution in [-0.2, 0) is 0 Å². The fourth-order valence-corrected chi connectivity index (χ4v) is 3.67. The molecule has 0 aliphatic carbocycles. The highest BCUT2D eigenvalue weighted by atomic mass is 16.5. The van der Waals surface area contributed by atoms with E-state index in [9.17, 15) is 9.90 Å². The van der Waals surface area contributed by atoms with E-state index in [-0.39, 0.29) is 11.5 Å². The Morgan fingerprint density at radius 1 is 1.07 bits per heavy atom. The molecule has 0 radical (unpaired) electrons. The van der Waals surface area contributed by atoms with Crippen molar-refractivity contribution in [3.8, 4) is 22.8 Å². The topological polar surface area (TPSA) is 62.9 Å². The molecule has 0 unspecified atom stereocenters. The van der Waals surface area contributed by atoms with Gasteiger partial charge in [-0.15, -0.1) is 0 Å². The number of fused-ring (bicyclic) bond motifs is 1. The van der Waals surface area contributed by atoms with Crippen LogP contribution in [0.5, 0.6) is 11.5 Å². The van der Waals surface area contributed by atoms with Crippen LogP contribution in [0.1, 0.15) is 24.0 Å². The zero-order valence-corrected chi connectivity index (χ0v) is 15.8. The van der Waals surface area contributed by atoms with Gasteiger partial charge in [0.05, 0.1) is 18.2 Å². The van der Waals surface area contributed by atoms with Gasteiger partial charge in [0.15, 0.2) is 5.76 Å². The second kappa shape index (κ2) is 6.65. The van der Waals surface area contributed by atoms with E-state index in [0.29, 0.717) is 22.3 Å². The first-order chi connectivity index (χ1) is 13.0. The lowest BCUT2D eigenvalue weighted by Crippen LogP contribution is -2.18. The minimum Gasteiger partial charge on any atom is -0.502 e. The van der Waals surface area contributed by atoms with Crippen LogP contribution in [-0.4, -0.2) is 25.3 Å². The fraction of sp³-hybridized carbons (Fsp3) is 0.318. The molecule has 0 spiro atoms. The molecule has 0 saturated carbocycles. The highest BCUT2D eigenvalue weighted by molar-refractivity contribution is 5.83. The lowest BCUT2D eigenvalue weighted by molar-refractivity contribution is 0.414. The largest absolute Gasteiger partial charge is 0.502 e. The van der Waals surface area contributed by atoms with Crippen LogP contribution in [0.4, 0.5) is 5.69 Å². The minimum absolute atomic E-state index is 0.169. The quantitative estimate of drug-likeness (QED) is 0.746. The monoisotopic (exact) mass is 365 g/mol. The molecule has 2 aromatic carbocycles. The average molecular weight is 365 g/mol. The number of ether oxygens (including phenoxy) is 1. The third-order valence-electron chi connectivity index (χ3n) is 5.37. The predicted octanol–water partition coefficient (Wildman–Crippen LogP) is 4.39. The van der Waals surface area contributed by atoms with Crippen LogP contribution in [0.25, 0.3) is 22.3 Å². The Balaban J connectivity index is 1.88. The maximum atomic E-state index is 12.7. The van der Waals surface area contributed by atoms with Gasteiger partial charge in [-0.2, -0.15) is 0 Å². The molecule has 3 aromatic rings. The molecule has 2 heterocycles. The summed E-state index contributed by atoms with van der Waals surface area (Å²) in [6, 6.07) is 9.24. The number of nitrogens with zero attached hydrogens (tertiary/aromatic N) is 1. The first-order valence-electron chi connectivity index (χ1n) is 9.20. The van der Waals surface area contributed by atoms with Gasteiger partial charge in [0.2, 0.25) is 11.2 Å². The third-order valence-corrected chi connectivity index (χ3v) is 5.37. The van der Waals surface area contributed by atoms with Gasteiger partial charge in [0, 0.05) is 18.7 Å². The zero-order valence-electron chi connectivity index (χ0n) is 15.8. The molecule has 5 nitrogen and oxygen atoms in total. The van der Waals surface area contributed by atoms with E-state index in [1.807, 2.05) is 38.1 Å². The van der Waals surface area contributed by atoms with E-state index in [1.165, 1.54) is 12.8 Å². The van der Waals surface area contributed by atoms with Gasteiger partial charge in [-0.25, -0.2) is 0 Å². The van der Waals surface area contributed by atoms with E-state index in [2.05, 4.69) is 4.90 Å². The standard InChI is InChI=1S/C22H23NO4/c1-13-10-16-18(11-14(13)2)27-22(21(25)20(16)24)15-6-7-17(19(12-15)26-3)23-8-4-5-9-23/h6-7,10-12,25H,4-5,8-9H2,1-3H3. The predicted molar refractivity (Wildman–Crippen MR) is 107 cm³/mol. The molecular weight excluding hydrogens is 342 g/mol. The molecule has 1 saturated heterocycles. The Morgan fingerprint density at radius 3 is 2.48 bits per heavy atom. The highest BCUT2D eigenvalue weighted by Crippen LogP contribution is 2.38. The van der Waals surface area contributed by atoms with Crippen molar-refractivity contribution < 1.29 is 14.3 Å². The zero-order chi connectivity index (χ0) is 19.1. The van der Waals surface area contributed by atoms with Crippen LogP contribution >= 0.6 is 0 Å². The normalized spacial score (nSPS) is 14.1. The fourth-order valence-electron chi connectivity index (χ4n) is 3.67. The van der Waals surface area contributed by atoms with Gasteiger partial charge in [0.1, 0.15) is 11.3 Å². The Kier molecular flexibility index (Phi) is 4.30. The van der Waals surface area contributed by atoms with E-state index < -0.39 is 5.43 Å². The van der Waals surface area contributed by atoms with Crippen LogP contribution < -0.4 is 15.1 Å². The van der Waals surface area contributed by atoms with Crippen LogP contribution in [0.15, 0.2) is 39.5 Å². The number of hydrogen-bond acceptors (Lipinski definition) is 5. The number of anilines is 1. The van der Waals surface area contributed by atoms with Gasteiger partial charge in [0.25, 0.3) is 0 Å². The molecule has 0 amide bonds. The molecule has 4 rings (SSSR count). The summed E-state index contributed by atoms with van der Waals surface area (Å²) in [4.78, 5) is 14.9. The number of benzene rings is 2. The van der Waals surface area contributed by atoms with Gasteiger partial charge in [-0.05, 0) is 68.1 Å². The number of aromatic hydroxyl groups is 1. The Labute approximate surface area is 157 Å². The Morgan fingerprint density at radius 2 is 1.78 bits per heavy atom. The molecule has 1 fully saturated rings. The number of rotatable bonds is 3. The molecule has 5 heteroatoms. The number of methoxy groups -OCH3 is 1. The van der Waals surface area contributed by atoms with Gasteiger partial charge >= 0.3 is 0 Å². The van der Waals surface area contributed by atoms with Crippen molar-refractivity contribution in [1.82, 2.24) is 0 Å². The summed E-state index contributed by atoms with van der Waals surface area (Å²) in [5.41, 5.74) is 3.70. The van der Waals surface area contributed by atoms with Crippen molar-refractivity contribution in [2.75, 3.05) is 25.1 Å². The SMILES string of the molecule is COc1cc(-c2oc3cc(C)c(C)cc3c(=O)c2O)ccc1N1CCCC1. The summed E-state index contributed by atoms with van der Waals surface area (Å²) in [7, 11) is 1.63. The maximum absolute atomic E-state index is 12.7. The second-order valence-electron chi connectivity index (χ2n) is 7.12. The summed E-state index contributed by atoms with van der Waals surface area (Å²) < 4.78 is 11.5. The molecular formula is C22H23NO4. The van der Waals surface area contributed by atoms with Gasteiger partial charge < -0.3 is 19.2 Å². The van der Waals surface area contributed by atoms with Crippen molar-refractivity contribution in [2.24, 2.45) is 0 Å². The van der Waals surface area contributed by atoms with E-state index in [0.717, 1.165) is 29.9 Å². The van der Waals surface area contributed by atoms with E-state index in [4.69, 9.17) is 9.15 Å². The summed E-state index contributed by atoms with van der Waals surface area (Å²) in [6.45, 7) is 5.91. The first-order valence-corrected chi connectivity index (χ1v) is 9.20.